The second-order valence-electron chi connectivity index (χ2n) is 5.38. The highest BCUT2D eigenvalue weighted by Crippen LogP contribution is 2.28. The van der Waals surface area contributed by atoms with Gasteiger partial charge in [0.2, 0.25) is 11.8 Å². The maximum Gasteiger partial charge on any atom is 0.228 e. The monoisotopic (exact) mass is 254 g/mol. The zero-order valence-corrected chi connectivity index (χ0v) is 11.1. The summed E-state index contributed by atoms with van der Waals surface area (Å²) in [5.41, 5.74) is 0. The van der Waals surface area contributed by atoms with Gasteiger partial charge in [-0.05, 0) is 19.3 Å². The standard InChI is InChI=1S/C13H22N2O3/c1-3-14-7-10(6-12(14)17)13(18)15-5-4-9(2)11(15)8-16/h9-11,16H,3-8H2,1-2H3. The van der Waals surface area contributed by atoms with Crippen LogP contribution in [-0.2, 0) is 9.59 Å². The van der Waals surface area contributed by atoms with Gasteiger partial charge in [-0.25, -0.2) is 0 Å². The maximum absolute atomic E-state index is 12.4. The number of nitrogens with zero attached hydrogens (tertiary/aromatic N) is 2. The fourth-order valence-corrected chi connectivity index (χ4v) is 3.04. The van der Waals surface area contributed by atoms with E-state index in [9.17, 15) is 14.7 Å². The van der Waals surface area contributed by atoms with Gasteiger partial charge >= 0.3 is 0 Å². The van der Waals surface area contributed by atoms with Crippen molar-refractivity contribution in [1.82, 2.24) is 9.80 Å². The summed E-state index contributed by atoms with van der Waals surface area (Å²) in [5, 5.41) is 9.38. The summed E-state index contributed by atoms with van der Waals surface area (Å²) in [4.78, 5) is 27.6. The highest BCUT2D eigenvalue weighted by Gasteiger charge is 2.41. The minimum absolute atomic E-state index is 0.0189. The molecule has 18 heavy (non-hydrogen) atoms. The molecule has 2 amide bonds. The van der Waals surface area contributed by atoms with E-state index in [0.717, 1.165) is 6.42 Å². The van der Waals surface area contributed by atoms with Gasteiger partial charge in [0.05, 0.1) is 18.6 Å². The molecule has 0 saturated carbocycles. The topological polar surface area (TPSA) is 60.9 Å². The molecule has 2 aliphatic heterocycles. The summed E-state index contributed by atoms with van der Waals surface area (Å²) in [6, 6.07) is -0.0664. The molecule has 0 bridgehead atoms. The number of aliphatic hydroxyl groups is 1. The maximum atomic E-state index is 12.4. The molecule has 0 spiro atoms. The van der Waals surface area contributed by atoms with E-state index in [1.807, 2.05) is 6.92 Å². The first-order chi connectivity index (χ1) is 8.58. The van der Waals surface area contributed by atoms with Crippen LogP contribution in [0.15, 0.2) is 0 Å². The SMILES string of the molecule is CCN1CC(C(=O)N2CCC(C)C2CO)CC1=O. The van der Waals surface area contributed by atoms with Gasteiger partial charge in [-0.15, -0.1) is 0 Å². The molecular weight excluding hydrogens is 232 g/mol. The van der Waals surface area contributed by atoms with Crippen molar-refractivity contribution in [3.8, 4) is 0 Å². The Morgan fingerprint density at radius 3 is 2.78 bits per heavy atom. The molecule has 2 fully saturated rings. The minimum atomic E-state index is -0.211. The van der Waals surface area contributed by atoms with Crippen LogP contribution in [-0.4, -0.2) is 59.0 Å². The van der Waals surface area contributed by atoms with Crippen molar-refractivity contribution in [1.29, 1.82) is 0 Å². The Kier molecular flexibility index (Phi) is 3.90. The quantitative estimate of drug-likeness (QED) is 0.776. The highest BCUT2D eigenvalue weighted by molar-refractivity contribution is 5.89. The van der Waals surface area contributed by atoms with E-state index in [0.29, 0.717) is 32.0 Å². The van der Waals surface area contributed by atoms with Crippen molar-refractivity contribution in [3.05, 3.63) is 0 Å². The van der Waals surface area contributed by atoms with Gasteiger partial charge in [0.1, 0.15) is 0 Å². The Morgan fingerprint density at radius 1 is 1.50 bits per heavy atom. The second-order valence-corrected chi connectivity index (χ2v) is 5.38. The van der Waals surface area contributed by atoms with Crippen molar-refractivity contribution in [3.63, 3.8) is 0 Å². The van der Waals surface area contributed by atoms with E-state index < -0.39 is 0 Å². The lowest BCUT2D eigenvalue weighted by Crippen LogP contribution is -2.43. The average molecular weight is 254 g/mol. The smallest absolute Gasteiger partial charge is 0.228 e. The van der Waals surface area contributed by atoms with E-state index in [4.69, 9.17) is 0 Å². The zero-order chi connectivity index (χ0) is 13.3. The predicted molar refractivity (Wildman–Crippen MR) is 66.7 cm³/mol. The molecule has 3 atom stereocenters. The molecule has 0 radical (unpaired) electrons. The van der Waals surface area contributed by atoms with Crippen molar-refractivity contribution >= 4 is 11.8 Å². The number of hydrogen-bond donors (Lipinski definition) is 1. The Bertz CT molecular complexity index is 345. The summed E-state index contributed by atoms with van der Waals surface area (Å²) >= 11 is 0. The molecule has 3 unspecified atom stereocenters. The molecule has 0 aliphatic carbocycles. The first-order valence-electron chi connectivity index (χ1n) is 6.77. The lowest BCUT2D eigenvalue weighted by Gasteiger charge is -2.27. The summed E-state index contributed by atoms with van der Waals surface area (Å²) < 4.78 is 0. The Morgan fingerprint density at radius 2 is 2.22 bits per heavy atom. The average Bonchev–Trinajstić information content (AvgIpc) is 2.91. The highest BCUT2D eigenvalue weighted by atomic mass is 16.3. The van der Waals surface area contributed by atoms with Gasteiger partial charge < -0.3 is 14.9 Å². The van der Waals surface area contributed by atoms with Crippen LogP contribution >= 0.6 is 0 Å². The Hall–Kier alpha value is -1.10. The molecule has 0 aromatic rings. The fraction of sp³-hybridized carbons (Fsp3) is 0.846. The third-order valence-corrected chi connectivity index (χ3v) is 4.30. The predicted octanol–water partition coefficient (Wildman–Crippen LogP) is 0.0841. The molecule has 0 aromatic carbocycles. The van der Waals surface area contributed by atoms with Crippen LogP contribution in [0, 0.1) is 11.8 Å². The first kappa shape index (κ1) is 13.3. The molecular formula is C13H22N2O3. The molecule has 5 nitrogen and oxygen atoms in total. The number of carbonyl (C=O) groups excluding carboxylic acids is 2. The van der Waals surface area contributed by atoms with Crippen molar-refractivity contribution in [2.45, 2.75) is 32.7 Å². The first-order valence-corrected chi connectivity index (χ1v) is 6.77. The number of hydrogen-bond acceptors (Lipinski definition) is 3. The zero-order valence-electron chi connectivity index (χ0n) is 11.1. The van der Waals surface area contributed by atoms with E-state index >= 15 is 0 Å². The number of amides is 2. The van der Waals surface area contributed by atoms with Crippen molar-refractivity contribution in [2.75, 3.05) is 26.2 Å². The van der Waals surface area contributed by atoms with Crippen molar-refractivity contribution in [2.24, 2.45) is 11.8 Å². The normalized spacial score (nSPS) is 32.4. The number of rotatable bonds is 3. The van der Waals surface area contributed by atoms with Crippen LogP contribution in [0.1, 0.15) is 26.7 Å². The van der Waals surface area contributed by atoms with Crippen LogP contribution in [0.5, 0.6) is 0 Å². The lowest BCUT2D eigenvalue weighted by molar-refractivity contribution is -0.137. The fourth-order valence-electron chi connectivity index (χ4n) is 3.04. The van der Waals surface area contributed by atoms with E-state index in [2.05, 4.69) is 6.92 Å². The van der Waals surface area contributed by atoms with Gasteiger partial charge in [0, 0.05) is 26.1 Å². The molecule has 2 heterocycles. The molecule has 102 valence electrons. The van der Waals surface area contributed by atoms with Gasteiger partial charge in [-0.1, -0.05) is 6.92 Å². The summed E-state index contributed by atoms with van der Waals surface area (Å²) in [7, 11) is 0. The van der Waals surface area contributed by atoms with E-state index in [-0.39, 0.29) is 30.4 Å². The minimum Gasteiger partial charge on any atom is -0.394 e. The summed E-state index contributed by atoms with van der Waals surface area (Å²) in [6.07, 6.45) is 1.27. The molecule has 1 N–H and O–H groups in total. The molecule has 2 saturated heterocycles. The Balaban J connectivity index is 2.02. The second kappa shape index (κ2) is 5.26. The molecule has 0 aromatic heterocycles. The van der Waals surface area contributed by atoms with Crippen LogP contribution in [0.4, 0.5) is 0 Å². The third kappa shape index (κ3) is 2.23. The largest absolute Gasteiger partial charge is 0.394 e. The molecule has 2 rings (SSSR count). The molecule has 5 heteroatoms. The van der Waals surface area contributed by atoms with Crippen LogP contribution < -0.4 is 0 Å². The summed E-state index contributed by atoms with van der Waals surface area (Å²) in [6.45, 7) is 5.93. The number of aliphatic hydroxyl groups excluding tert-OH is 1. The van der Waals surface area contributed by atoms with Gasteiger partial charge in [-0.2, -0.15) is 0 Å². The van der Waals surface area contributed by atoms with E-state index in [1.165, 1.54) is 0 Å². The third-order valence-electron chi connectivity index (χ3n) is 4.30. The number of carbonyl (C=O) groups is 2. The van der Waals surface area contributed by atoms with Gasteiger partial charge in [-0.3, -0.25) is 9.59 Å². The number of likely N-dealkylation sites (tertiary alicyclic amines) is 2. The molecule has 2 aliphatic rings. The summed E-state index contributed by atoms with van der Waals surface area (Å²) in [5.74, 6) is 0.251. The lowest BCUT2D eigenvalue weighted by atomic mass is 10.0. The Labute approximate surface area is 108 Å². The van der Waals surface area contributed by atoms with Crippen molar-refractivity contribution < 1.29 is 14.7 Å². The van der Waals surface area contributed by atoms with Crippen LogP contribution in [0.2, 0.25) is 0 Å². The van der Waals surface area contributed by atoms with E-state index in [1.54, 1.807) is 9.80 Å². The van der Waals surface area contributed by atoms with Gasteiger partial charge in [0.15, 0.2) is 0 Å². The van der Waals surface area contributed by atoms with Gasteiger partial charge in [0.25, 0.3) is 0 Å². The van der Waals surface area contributed by atoms with Crippen LogP contribution in [0.3, 0.4) is 0 Å². The van der Waals surface area contributed by atoms with Crippen LogP contribution in [0.25, 0.3) is 0 Å².